The summed E-state index contributed by atoms with van der Waals surface area (Å²) in [6.45, 7) is 3.26. The van der Waals surface area contributed by atoms with Gasteiger partial charge in [0.05, 0.1) is 18.6 Å². The topological polar surface area (TPSA) is 89.9 Å². The van der Waals surface area contributed by atoms with Gasteiger partial charge < -0.3 is 14.6 Å². The van der Waals surface area contributed by atoms with Crippen molar-refractivity contribution < 1.29 is 29.0 Å². The minimum absolute atomic E-state index is 0.0488. The number of benzene rings is 2. The molecule has 0 aliphatic carbocycles. The van der Waals surface area contributed by atoms with Crippen LogP contribution in [0.2, 0.25) is 0 Å². The first-order chi connectivity index (χ1) is 12.4. The van der Waals surface area contributed by atoms with Crippen molar-refractivity contribution in [3.63, 3.8) is 0 Å². The number of carbonyl (C=O) groups excluding carboxylic acids is 2. The average molecular weight is 356 g/mol. The van der Waals surface area contributed by atoms with Gasteiger partial charge in [-0.1, -0.05) is 30.3 Å². The Kier molecular flexibility index (Phi) is 6.49. The molecule has 0 amide bonds. The smallest absolute Gasteiger partial charge is 0.339 e. The number of ether oxygens (including phenoxy) is 2. The van der Waals surface area contributed by atoms with Crippen LogP contribution in [0.3, 0.4) is 0 Å². The highest BCUT2D eigenvalue weighted by atomic mass is 16.5. The summed E-state index contributed by atoms with van der Waals surface area (Å²) in [5, 5.41) is 9.25. The van der Waals surface area contributed by atoms with Crippen molar-refractivity contribution >= 4 is 17.7 Å². The van der Waals surface area contributed by atoms with Crippen LogP contribution in [0.5, 0.6) is 5.75 Å². The van der Waals surface area contributed by atoms with Gasteiger partial charge in [0, 0.05) is 11.1 Å². The molecular weight excluding hydrogens is 336 g/mol. The van der Waals surface area contributed by atoms with E-state index in [-0.39, 0.29) is 41.4 Å². The van der Waals surface area contributed by atoms with Gasteiger partial charge in [-0.05, 0) is 31.5 Å². The molecule has 2 rings (SSSR count). The van der Waals surface area contributed by atoms with Gasteiger partial charge >= 0.3 is 11.9 Å². The van der Waals surface area contributed by atoms with Gasteiger partial charge in [0.2, 0.25) is 0 Å². The maximum absolute atomic E-state index is 12.4. The minimum atomic E-state index is -1.14. The Morgan fingerprint density at radius 2 is 1.73 bits per heavy atom. The Labute approximate surface area is 151 Å². The number of hydrogen-bond donors (Lipinski definition) is 1. The highest BCUT2D eigenvalue weighted by Gasteiger charge is 2.25. The first kappa shape index (κ1) is 19.2. The third-order valence-electron chi connectivity index (χ3n) is 3.69. The van der Waals surface area contributed by atoms with E-state index in [1.165, 1.54) is 19.1 Å². The second-order valence-electron chi connectivity index (χ2n) is 5.59. The molecule has 0 atom stereocenters. The SMILES string of the molecule is CCOC(=O)c1c(C(C)=O)ccc(OCc2ccccc2)c1CC(=O)O. The Bertz CT molecular complexity index is 811. The number of carboxylic acids is 1. The third kappa shape index (κ3) is 4.69. The van der Waals surface area contributed by atoms with E-state index in [4.69, 9.17) is 9.47 Å². The summed E-state index contributed by atoms with van der Waals surface area (Å²) in [4.78, 5) is 35.6. The largest absolute Gasteiger partial charge is 0.489 e. The predicted octanol–water partition coefficient (Wildman–Crippen LogP) is 3.27. The van der Waals surface area contributed by atoms with E-state index < -0.39 is 18.4 Å². The van der Waals surface area contributed by atoms with Crippen molar-refractivity contribution in [3.05, 3.63) is 64.7 Å². The van der Waals surface area contributed by atoms with Crippen LogP contribution in [-0.4, -0.2) is 29.4 Å². The molecule has 2 aromatic carbocycles. The summed E-state index contributed by atoms with van der Waals surface area (Å²) < 4.78 is 10.8. The van der Waals surface area contributed by atoms with E-state index in [1.807, 2.05) is 30.3 Å². The number of carbonyl (C=O) groups is 3. The lowest BCUT2D eigenvalue weighted by Crippen LogP contribution is -2.17. The first-order valence-electron chi connectivity index (χ1n) is 8.16. The Balaban J connectivity index is 2.49. The predicted molar refractivity (Wildman–Crippen MR) is 94.5 cm³/mol. The fraction of sp³-hybridized carbons (Fsp3) is 0.250. The average Bonchev–Trinajstić information content (AvgIpc) is 2.60. The molecule has 1 N–H and O–H groups in total. The third-order valence-corrected chi connectivity index (χ3v) is 3.69. The lowest BCUT2D eigenvalue weighted by Gasteiger charge is -2.16. The van der Waals surface area contributed by atoms with Crippen LogP contribution in [0, 0.1) is 0 Å². The van der Waals surface area contributed by atoms with Crippen molar-refractivity contribution in [2.24, 2.45) is 0 Å². The zero-order valence-corrected chi connectivity index (χ0v) is 14.7. The lowest BCUT2D eigenvalue weighted by molar-refractivity contribution is -0.136. The molecule has 0 heterocycles. The molecule has 0 aromatic heterocycles. The number of hydrogen-bond acceptors (Lipinski definition) is 5. The van der Waals surface area contributed by atoms with Crippen LogP contribution < -0.4 is 4.74 Å². The number of carboxylic acid groups (broad SMARTS) is 1. The highest BCUT2D eigenvalue weighted by Crippen LogP contribution is 2.29. The molecule has 2 aromatic rings. The van der Waals surface area contributed by atoms with Gasteiger partial charge in [0.15, 0.2) is 5.78 Å². The van der Waals surface area contributed by atoms with Crippen LogP contribution in [0.15, 0.2) is 42.5 Å². The molecule has 0 bridgehead atoms. The molecule has 0 spiro atoms. The second-order valence-corrected chi connectivity index (χ2v) is 5.59. The van der Waals surface area contributed by atoms with Gasteiger partial charge in [-0.15, -0.1) is 0 Å². The zero-order valence-electron chi connectivity index (χ0n) is 14.7. The molecule has 0 radical (unpaired) electrons. The lowest BCUT2D eigenvalue weighted by atomic mass is 9.95. The first-order valence-corrected chi connectivity index (χ1v) is 8.16. The van der Waals surface area contributed by atoms with E-state index in [0.717, 1.165) is 5.56 Å². The summed E-state index contributed by atoms with van der Waals surface area (Å²) in [7, 11) is 0. The van der Waals surface area contributed by atoms with E-state index in [0.29, 0.717) is 0 Å². The van der Waals surface area contributed by atoms with Crippen LogP contribution >= 0.6 is 0 Å². The summed E-state index contributed by atoms with van der Waals surface area (Å²) in [6.07, 6.45) is -0.459. The fourth-order valence-corrected chi connectivity index (χ4v) is 2.56. The number of ketones is 1. The van der Waals surface area contributed by atoms with Gasteiger partial charge in [-0.3, -0.25) is 9.59 Å². The molecular formula is C20H20O6. The molecule has 0 aliphatic rings. The maximum atomic E-state index is 12.4. The van der Waals surface area contributed by atoms with Crippen LogP contribution in [0.1, 0.15) is 45.7 Å². The Morgan fingerprint density at radius 3 is 2.31 bits per heavy atom. The van der Waals surface area contributed by atoms with Crippen molar-refractivity contribution in [2.75, 3.05) is 6.61 Å². The van der Waals surface area contributed by atoms with Gasteiger partial charge in [0.1, 0.15) is 12.4 Å². The molecule has 26 heavy (non-hydrogen) atoms. The summed E-state index contributed by atoms with van der Waals surface area (Å²) in [5.41, 5.74) is 1.10. The molecule has 6 nitrogen and oxygen atoms in total. The zero-order chi connectivity index (χ0) is 19.1. The van der Waals surface area contributed by atoms with Gasteiger partial charge in [-0.2, -0.15) is 0 Å². The van der Waals surface area contributed by atoms with Crippen molar-refractivity contribution in [3.8, 4) is 5.75 Å². The van der Waals surface area contributed by atoms with Gasteiger partial charge in [-0.25, -0.2) is 4.79 Å². The standard InChI is InChI=1S/C20H20O6/c1-3-25-20(24)19-15(13(2)21)9-10-17(16(19)11-18(22)23)26-12-14-7-5-4-6-8-14/h4-10H,3,11-12H2,1-2H3,(H,22,23). The van der Waals surface area contributed by atoms with Crippen LogP contribution in [0.25, 0.3) is 0 Å². The molecule has 0 aliphatic heterocycles. The molecule has 6 heteroatoms. The molecule has 0 unspecified atom stereocenters. The van der Waals surface area contributed by atoms with Crippen molar-refractivity contribution in [1.29, 1.82) is 0 Å². The minimum Gasteiger partial charge on any atom is -0.489 e. The molecule has 0 saturated heterocycles. The molecule has 136 valence electrons. The Morgan fingerprint density at radius 1 is 1.04 bits per heavy atom. The quantitative estimate of drug-likeness (QED) is 0.577. The van der Waals surface area contributed by atoms with Gasteiger partial charge in [0.25, 0.3) is 0 Å². The van der Waals surface area contributed by atoms with E-state index in [2.05, 4.69) is 0 Å². The molecule has 0 fully saturated rings. The normalized spacial score (nSPS) is 10.2. The second kappa shape index (κ2) is 8.80. The number of aliphatic carboxylic acids is 1. The Hall–Kier alpha value is -3.15. The van der Waals surface area contributed by atoms with Crippen molar-refractivity contribution in [2.45, 2.75) is 26.9 Å². The van der Waals surface area contributed by atoms with Crippen LogP contribution in [-0.2, 0) is 22.6 Å². The van der Waals surface area contributed by atoms with E-state index >= 15 is 0 Å². The number of rotatable bonds is 8. The summed E-state index contributed by atoms with van der Waals surface area (Å²) >= 11 is 0. The fourth-order valence-electron chi connectivity index (χ4n) is 2.56. The number of esters is 1. The molecule has 0 saturated carbocycles. The van der Waals surface area contributed by atoms with E-state index in [1.54, 1.807) is 6.92 Å². The summed E-state index contributed by atoms with van der Waals surface area (Å²) in [6, 6.07) is 12.3. The van der Waals surface area contributed by atoms with Crippen molar-refractivity contribution in [1.82, 2.24) is 0 Å². The monoisotopic (exact) mass is 356 g/mol. The maximum Gasteiger partial charge on any atom is 0.339 e. The number of Topliss-reactive ketones (excluding diaryl/α,β-unsaturated/α-hetero) is 1. The summed E-state index contributed by atoms with van der Waals surface area (Å²) in [5.74, 6) is -1.99. The van der Waals surface area contributed by atoms with Crippen LogP contribution in [0.4, 0.5) is 0 Å². The van der Waals surface area contributed by atoms with E-state index in [9.17, 15) is 19.5 Å². The highest BCUT2D eigenvalue weighted by molar-refractivity contribution is 6.07.